The Bertz CT molecular complexity index is 562. The summed E-state index contributed by atoms with van der Waals surface area (Å²) < 4.78 is 6.01. The maximum absolute atomic E-state index is 6.01. The van der Waals surface area contributed by atoms with Crippen LogP contribution in [0, 0.1) is 6.92 Å². The van der Waals surface area contributed by atoms with E-state index in [2.05, 4.69) is 60.8 Å². The van der Waals surface area contributed by atoms with Crippen LogP contribution in [0.1, 0.15) is 17.5 Å². The van der Waals surface area contributed by atoms with Gasteiger partial charge < -0.3 is 10.1 Å². The molecule has 2 aromatic rings. The lowest BCUT2D eigenvalue weighted by atomic mass is 9.99. The van der Waals surface area contributed by atoms with E-state index in [9.17, 15) is 0 Å². The van der Waals surface area contributed by atoms with Gasteiger partial charge in [-0.05, 0) is 36.6 Å². The van der Waals surface area contributed by atoms with Gasteiger partial charge in [-0.2, -0.15) is 0 Å². The zero-order valence-electron chi connectivity index (χ0n) is 12.3. The molecule has 1 atom stereocenters. The molecule has 1 N–H and O–H groups in total. The van der Waals surface area contributed by atoms with Gasteiger partial charge in [0.2, 0.25) is 0 Å². The molecule has 1 saturated heterocycles. The average Bonchev–Trinajstić information content (AvgIpc) is 3.00. The molecular formula is C18H22ClNO. The number of halogens is 1. The van der Waals surface area contributed by atoms with Gasteiger partial charge in [-0.3, -0.25) is 0 Å². The first kappa shape index (κ1) is 16.0. The second-order valence-electron chi connectivity index (χ2n) is 5.45. The van der Waals surface area contributed by atoms with Crippen molar-refractivity contribution in [1.82, 2.24) is 5.32 Å². The fraction of sp³-hybridized carbons (Fsp3) is 0.333. The van der Waals surface area contributed by atoms with Crippen molar-refractivity contribution in [3.63, 3.8) is 0 Å². The Morgan fingerprint density at radius 3 is 2.57 bits per heavy atom. The second kappa shape index (κ2) is 7.60. The van der Waals surface area contributed by atoms with E-state index in [0.717, 1.165) is 19.5 Å². The Hall–Kier alpha value is -1.35. The van der Waals surface area contributed by atoms with Gasteiger partial charge in [0, 0.05) is 6.54 Å². The topological polar surface area (TPSA) is 21.3 Å². The van der Waals surface area contributed by atoms with E-state index < -0.39 is 0 Å². The predicted octanol–water partition coefficient (Wildman–Crippen LogP) is 3.96. The SMILES string of the molecule is Cc1ccc(-c2ccccc2CO[C@H]2CCNC2)cc1.Cl. The van der Waals surface area contributed by atoms with Crippen molar-refractivity contribution in [1.29, 1.82) is 0 Å². The first-order chi connectivity index (χ1) is 9.83. The molecule has 0 aromatic heterocycles. The maximum atomic E-state index is 6.01. The molecular weight excluding hydrogens is 282 g/mol. The molecule has 0 radical (unpaired) electrons. The van der Waals surface area contributed by atoms with Gasteiger partial charge in [-0.1, -0.05) is 54.1 Å². The molecule has 0 bridgehead atoms. The van der Waals surface area contributed by atoms with Crippen LogP contribution in [0.3, 0.4) is 0 Å². The Morgan fingerprint density at radius 2 is 1.86 bits per heavy atom. The summed E-state index contributed by atoms with van der Waals surface area (Å²) in [6.45, 7) is 4.86. The van der Waals surface area contributed by atoms with Gasteiger partial charge in [0.15, 0.2) is 0 Å². The van der Waals surface area contributed by atoms with Crippen molar-refractivity contribution >= 4 is 12.4 Å². The molecule has 1 aliphatic heterocycles. The van der Waals surface area contributed by atoms with Gasteiger partial charge in [0.25, 0.3) is 0 Å². The highest BCUT2D eigenvalue weighted by molar-refractivity contribution is 5.85. The standard InChI is InChI=1S/C18H21NO.ClH/c1-14-6-8-15(9-7-14)18-5-3-2-4-16(18)13-20-17-10-11-19-12-17;/h2-9,17,19H,10-13H2,1H3;1H/t17-;/m0./s1. The van der Waals surface area contributed by atoms with E-state index in [0.29, 0.717) is 12.7 Å². The van der Waals surface area contributed by atoms with Crippen LogP contribution in [0.25, 0.3) is 11.1 Å². The third kappa shape index (κ3) is 4.07. The molecule has 2 nitrogen and oxygen atoms in total. The van der Waals surface area contributed by atoms with Crippen LogP contribution in [0.15, 0.2) is 48.5 Å². The smallest absolute Gasteiger partial charge is 0.0727 e. The zero-order valence-corrected chi connectivity index (χ0v) is 13.2. The number of benzene rings is 2. The summed E-state index contributed by atoms with van der Waals surface area (Å²) in [5.41, 5.74) is 5.10. The fourth-order valence-electron chi connectivity index (χ4n) is 2.64. The molecule has 0 unspecified atom stereocenters. The molecule has 0 saturated carbocycles. The van der Waals surface area contributed by atoms with E-state index in [4.69, 9.17) is 4.74 Å². The van der Waals surface area contributed by atoms with Crippen LogP contribution in [-0.2, 0) is 11.3 Å². The summed E-state index contributed by atoms with van der Waals surface area (Å²) in [4.78, 5) is 0. The highest BCUT2D eigenvalue weighted by Crippen LogP contribution is 2.25. The average molecular weight is 304 g/mol. The molecule has 3 rings (SSSR count). The number of hydrogen-bond acceptors (Lipinski definition) is 2. The normalized spacial score (nSPS) is 17.5. The highest BCUT2D eigenvalue weighted by Gasteiger charge is 2.15. The molecule has 1 aliphatic rings. The van der Waals surface area contributed by atoms with Crippen LogP contribution >= 0.6 is 12.4 Å². The zero-order chi connectivity index (χ0) is 13.8. The highest BCUT2D eigenvalue weighted by atomic mass is 35.5. The number of aryl methyl sites for hydroxylation is 1. The lowest BCUT2D eigenvalue weighted by Crippen LogP contribution is -2.16. The van der Waals surface area contributed by atoms with E-state index in [1.807, 2.05) is 0 Å². The minimum atomic E-state index is 0. The van der Waals surface area contributed by atoms with Crippen molar-refractivity contribution in [2.45, 2.75) is 26.1 Å². The van der Waals surface area contributed by atoms with Gasteiger partial charge in [0.1, 0.15) is 0 Å². The molecule has 21 heavy (non-hydrogen) atoms. The Balaban J connectivity index is 0.00000161. The Morgan fingerprint density at radius 1 is 1.10 bits per heavy atom. The molecule has 3 heteroatoms. The van der Waals surface area contributed by atoms with Crippen LogP contribution in [0.2, 0.25) is 0 Å². The molecule has 0 spiro atoms. The lowest BCUT2D eigenvalue weighted by molar-refractivity contribution is 0.0545. The largest absolute Gasteiger partial charge is 0.372 e. The van der Waals surface area contributed by atoms with Gasteiger partial charge in [0.05, 0.1) is 12.7 Å². The minimum Gasteiger partial charge on any atom is -0.372 e. The van der Waals surface area contributed by atoms with Gasteiger partial charge >= 0.3 is 0 Å². The van der Waals surface area contributed by atoms with Crippen LogP contribution < -0.4 is 5.32 Å². The fourth-order valence-corrected chi connectivity index (χ4v) is 2.64. The summed E-state index contributed by atoms with van der Waals surface area (Å²) in [5.74, 6) is 0. The van der Waals surface area contributed by atoms with Crippen LogP contribution in [0.5, 0.6) is 0 Å². The summed E-state index contributed by atoms with van der Waals surface area (Å²) in [5, 5.41) is 3.34. The molecule has 1 heterocycles. The summed E-state index contributed by atoms with van der Waals surface area (Å²) in [6, 6.07) is 17.2. The van der Waals surface area contributed by atoms with E-state index >= 15 is 0 Å². The molecule has 0 amide bonds. The first-order valence-corrected chi connectivity index (χ1v) is 7.30. The number of rotatable bonds is 4. The first-order valence-electron chi connectivity index (χ1n) is 7.30. The lowest BCUT2D eigenvalue weighted by Gasteiger charge is -2.14. The van der Waals surface area contributed by atoms with Crippen LogP contribution in [0.4, 0.5) is 0 Å². The van der Waals surface area contributed by atoms with Crippen molar-refractivity contribution in [2.75, 3.05) is 13.1 Å². The minimum absolute atomic E-state index is 0. The van der Waals surface area contributed by atoms with Crippen molar-refractivity contribution in [3.8, 4) is 11.1 Å². The van der Waals surface area contributed by atoms with Crippen molar-refractivity contribution in [2.24, 2.45) is 0 Å². The molecule has 0 aliphatic carbocycles. The predicted molar refractivity (Wildman–Crippen MR) is 89.9 cm³/mol. The van der Waals surface area contributed by atoms with Gasteiger partial charge in [-0.25, -0.2) is 0 Å². The monoisotopic (exact) mass is 303 g/mol. The molecule has 112 valence electrons. The van der Waals surface area contributed by atoms with Crippen molar-refractivity contribution in [3.05, 3.63) is 59.7 Å². The summed E-state index contributed by atoms with van der Waals surface area (Å²) in [7, 11) is 0. The number of ether oxygens (including phenoxy) is 1. The summed E-state index contributed by atoms with van der Waals surface area (Å²) >= 11 is 0. The van der Waals surface area contributed by atoms with Gasteiger partial charge in [-0.15, -0.1) is 12.4 Å². The Kier molecular flexibility index (Phi) is 5.80. The number of nitrogens with one attached hydrogen (secondary N) is 1. The van der Waals surface area contributed by atoms with E-state index in [-0.39, 0.29) is 12.4 Å². The third-order valence-corrected chi connectivity index (χ3v) is 3.87. The van der Waals surface area contributed by atoms with Crippen molar-refractivity contribution < 1.29 is 4.74 Å². The maximum Gasteiger partial charge on any atom is 0.0727 e. The number of hydrogen-bond donors (Lipinski definition) is 1. The third-order valence-electron chi connectivity index (χ3n) is 3.87. The van der Waals surface area contributed by atoms with E-state index in [1.165, 1.54) is 22.3 Å². The molecule has 1 fully saturated rings. The molecule has 2 aromatic carbocycles. The Labute approximate surface area is 132 Å². The quantitative estimate of drug-likeness (QED) is 0.923. The second-order valence-corrected chi connectivity index (χ2v) is 5.45. The van der Waals surface area contributed by atoms with E-state index in [1.54, 1.807) is 0 Å². The summed E-state index contributed by atoms with van der Waals surface area (Å²) in [6.07, 6.45) is 1.48. The van der Waals surface area contributed by atoms with Crippen LogP contribution in [-0.4, -0.2) is 19.2 Å².